The zero-order chi connectivity index (χ0) is 30.7. The van der Waals surface area contributed by atoms with Crippen LogP contribution in [0.5, 0.6) is 5.75 Å². The molecule has 2 aliphatic rings. The summed E-state index contributed by atoms with van der Waals surface area (Å²) >= 11 is 0. The molecule has 4 atom stereocenters. The maximum absolute atomic E-state index is 8.00. The van der Waals surface area contributed by atoms with E-state index in [1.165, 1.54) is 33.4 Å². The summed E-state index contributed by atoms with van der Waals surface area (Å²) in [6.45, 7) is 7.64. The average Bonchev–Trinajstić information content (AvgIpc) is 3.67. The number of rotatable bonds is 12. The first-order valence-corrected chi connectivity index (χ1v) is 15.5. The number of carbonyl (C=O) groups is 1. The molecule has 0 aromatic heterocycles. The van der Waals surface area contributed by atoms with E-state index < -0.39 is 0 Å². The van der Waals surface area contributed by atoms with E-state index in [1.807, 2.05) is 18.9 Å². The molecule has 0 bridgehead atoms. The molecule has 0 spiro atoms. The van der Waals surface area contributed by atoms with E-state index in [2.05, 4.69) is 98.8 Å². The van der Waals surface area contributed by atoms with Crippen LogP contribution in [-0.2, 0) is 43.5 Å². The molecule has 0 radical (unpaired) electrons. The van der Waals surface area contributed by atoms with Crippen molar-refractivity contribution in [2.45, 2.75) is 70.6 Å². The fourth-order valence-electron chi connectivity index (χ4n) is 5.80. The summed E-state index contributed by atoms with van der Waals surface area (Å²) in [6, 6.07) is 34.2. The number of fused-ring (bicyclic) bond motifs is 1. The van der Waals surface area contributed by atoms with E-state index in [9.17, 15) is 0 Å². The van der Waals surface area contributed by atoms with Crippen molar-refractivity contribution in [3.63, 3.8) is 0 Å². The van der Waals surface area contributed by atoms with E-state index in [4.69, 9.17) is 28.8 Å². The Kier molecular flexibility index (Phi) is 11.3. The van der Waals surface area contributed by atoms with Crippen LogP contribution in [0.1, 0.15) is 43.4 Å². The number of hydrogen-bond acceptors (Lipinski definition) is 6. The molecule has 2 aliphatic heterocycles. The van der Waals surface area contributed by atoms with Crippen LogP contribution in [0.3, 0.4) is 0 Å². The van der Waals surface area contributed by atoms with Crippen LogP contribution in [0.2, 0.25) is 0 Å². The van der Waals surface area contributed by atoms with Crippen LogP contribution in [-0.4, -0.2) is 44.4 Å². The Bertz CT molecular complexity index is 1420. The van der Waals surface area contributed by atoms with Gasteiger partial charge in [0.15, 0.2) is 6.10 Å². The third kappa shape index (κ3) is 7.82. The molecule has 4 aromatic carbocycles. The third-order valence-electron chi connectivity index (χ3n) is 8.13. The lowest BCUT2D eigenvalue weighted by Gasteiger charge is -2.18. The molecule has 4 unspecified atom stereocenters. The molecule has 6 heteroatoms. The fraction of sp³-hybridized carbons (Fsp3) is 0.342. The summed E-state index contributed by atoms with van der Waals surface area (Å²) in [6.07, 6.45) is 3.67. The summed E-state index contributed by atoms with van der Waals surface area (Å²) in [5.41, 5.74) is 8.59. The smallest absolute Gasteiger partial charge is 0.151 e. The Morgan fingerprint density at radius 1 is 0.591 bits per heavy atom. The second kappa shape index (κ2) is 15.8. The second-order valence-electron chi connectivity index (χ2n) is 11.3. The normalized spacial score (nSPS) is 20.5. The van der Waals surface area contributed by atoms with Crippen molar-refractivity contribution in [3.8, 4) is 28.0 Å². The Morgan fingerprint density at radius 2 is 1.00 bits per heavy atom. The lowest BCUT2D eigenvalue weighted by Crippen LogP contribution is -2.35. The van der Waals surface area contributed by atoms with Crippen LogP contribution in [0.15, 0.2) is 97.1 Å². The van der Waals surface area contributed by atoms with Gasteiger partial charge in [0.05, 0.1) is 13.2 Å². The van der Waals surface area contributed by atoms with Crippen molar-refractivity contribution >= 4 is 6.79 Å². The van der Waals surface area contributed by atoms with Crippen LogP contribution in [0, 0.1) is 0 Å². The molecule has 0 amide bonds. The standard InChI is InChI=1S/C37H40O5.CH2O/c1-3-5-26-7-13-29(14-8-26)31-17-11-28(12-18-31)23-40-42-35-25-39-36-34(24-38-37(35)36)41-33-21-19-32(20-22-33)30-15-9-27(6-4-2)10-16-30;1-2/h7-22,34-37H,3-6,23-25H2,1-2H3;1H2. The predicted octanol–water partition coefficient (Wildman–Crippen LogP) is 7.80. The van der Waals surface area contributed by atoms with Gasteiger partial charge in [-0.25, -0.2) is 9.78 Å². The summed E-state index contributed by atoms with van der Waals surface area (Å²) in [7, 11) is 0. The van der Waals surface area contributed by atoms with Crippen molar-refractivity contribution in [1.29, 1.82) is 0 Å². The Hall–Kier alpha value is -3.81. The Labute approximate surface area is 260 Å². The van der Waals surface area contributed by atoms with Gasteiger partial charge in [-0.2, -0.15) is 0 Å². The van der Waals surface area contributed by atoms with Crippen LogP contribution < -0.4 is 4.74 Å². The van der Waals surface area contributed by atoms with Gasteiger partial charge in [0, 0.05) is 0 Å². The maximum Gasteiger partial charge on any atom is 0.151 e. The van der Waals surface area contributed by atoms with Gasteiger partial charge < -0.3 is 19.0 Å². The first-order chi connectivity index (χ1) is 21.7. The summed E-state index contributed by atoms with van der Waals surface area (Å²) < 4.78 is 18.3. The fourth-order valence-corrected chi connectivity index (χ4v) is 5.80. The van der Waals surface area contributed by atoms with E-state index >= 15 is 0 Å². The molecule has 2 fully saturated rings. The molecular weight excluding hydrogens is 552 g/mol. The minimum Gasteiger partial charge on any atom is -0.485 e. The molecule has 230 valence electrons. The highest BCUT2D eigenvalue weighted by atomic mass is 17.2. The van der Waals surface area contributed by atoms with Crippen molar-refractivity contribution in [2.24, 2.45) is 0 Å². The minimum atomic E-state index is -0.289. The SMILES string of the molecule is C=O.CCCc1ccc(-c2ccc(COOC3COC4C(Oc5ccc(-c6ccc(CCC)cc6)cc5)COC34)cc2)cc1. The zero-order valence-electron chi connectivity index (χ0n) is 25.7. The summed E-state index contributed by atoms with van der Waals surface area (Å²) in [5, 5.41) is 0. The highest BCUT2D eigenvalue weighted by Gasteiger charge is 2.50. The Balaban J connectivity index is 0.00000188. The van der Waals surface area contributed by atoms with E-state index in [0.717, 1.165) is 37.0 Å². The topological polar surface area (TPSA) is 63.2 Å². The molecule has 2 saturated heterocycles. The van der Waals surface area contributed by atoms with Crippen molar-refractivity contribution in [2.75, 3.05) is 13.2 Å². The first kappa shape index (κ1) is 31.6. The molecule has 0 saturated carbocycles. The van der Waals surface area contributed by atoms with E-state index in [1.54, 1.807) is 0 Å². The van der Waals surface area contributed by atoms with Gasteiger partial charge in [-0.3, -0.25) is 0 Å². The molecule has 2 heterocycles. The second-order valence-corrected chi connectivity index (χ2v) is 11.3. The number of carbonyl (C=O) groups excluding carboxylic acids is 1. The van der Waals surface area contributed by atoms with Crippen molar-refractivity contribution in [1.82, 2.24) is 0 Å². The lowest BCUT2D eigenvalue weighted by molar-refractivity contribution is -0.341. The summed E-state index contributed by atoms with van der Waals surface area (Å²) in [4.78, 5) is 19.4. The van der Waals surface area contributed by atoms with Crippen LogP contribution in [0.4, 0.5) is 0 Å². The van der Waals surface area contributed by atoms with E-state index in [-0.39, 0.29) is 24.4 Å². The number of hydrogen-bond donors (Lipinski definition) is 0. The first-order valence-electron chi connectivity index (χ1n) is 15.5. The largest absolute Gasteiger partial charge is 0.485 e. The quantitative estimate of drug-likeness (QED) is 0.123. The zero-order valence-corrected chi connectivity index (χ0v) is 25.7. The maximum atomic E-state index is 8.00. The molecule has 6 nitrogen and oxygen atoms in total. The van der Waals surface area contributed by atoms with Gasteiger partial charge in [-0.15, -0.1) is 0 Å². The predicted molar refractivity (Wildman–Crippen MR) is 172 cm³/mol. The van der Waals surface area contributed by atoms with Gasteiger partial charge in [-0.1, -0.05) is 112 Å². The highest BCUT2D eigenvalue weighted by Crippen LogP contribution is 2.32. The molecule has 44 heavy (non-hydrogen) atoms. The minimum absolute atomic E-state index is 0.188. The van der Waals surface area contributed by atoms with Crippen LogP contribution in [0.25, 0.3) is 22.3 Å². The molecule has 4 aromatic rings. The van der Waals surface area contributed by atoms with Gasteiger partial charge in [0.1, 0.15) is 37.5 Å². The number of ether oxygens (including phenoxy) is 3. The molecule has 0 N–H and O–H groups in total. The molecular formula is C38H42O6. The van der Waals surface area contributed by atoms with Gasteiger partial charge in [0.25, 0.3) is 0 Å². The third-order valence-corrected chi connectivity index (χ3v) is 8.13. The number of benzene rings is 4. The van der Waals surface area contributed by atoms with Crippen molar-refractivity contribution < 1.29 is 28.8 Å². The van der Waals surface area contributed by atoms with E-state index in [0.29, 0.717) is 19.8 Å². The number of aryl methyl sites for hydroxylation is 2. The monoisotopic (exact) mass is 594 g/mol. The van der Waals surface area contributed by atoms with Gasteiger partial charge in [-0.05, 0) is 63.9 Å². The lowest BCUT2D eigenvalue weighted by atomic mass is 10.0. The average molecular weight is 595 g/mol. The van der Waals surface area contributed by atoms with Crippen LogP contribution >= 0.6 is 0 Å². The van der Waals surface area contributed by atoms with Gasteiger partial charge >= 0.3 is 0 Å². The summed E-state index contributed by atoms with van der Waals surface area (Å²) in [5.74, 6) is 0.806. The van der Waals surface area contributed by atoms with Crippen molar-refractivity contribution in [3.05, 3.63) is 114 Å². The highest BCUT2D eigenvalue weighted by molar-refractivity contribution is 5.65. The molecule has 0 aliphatic carbocycles. The molecule has 6 rings (SSSR count). The Morgan fingerprint density at radius 3 is 1.48 bits per heavy atom. The van der Waals surface area contributed by atoms with Gasteiger partial charge in [0.2, 0.25) is 0 Å².